The van der Waals surface area contributed by atoms with Gasteiger partial charge in [0.05, 0.1) is 23.8 Å². The van der Waals surface area contributed by atoms with Crippen LogP contribution in [-0.4, -0.2) is 35.8 Å². The highest BCUT2D eigenvalue weighted by Crippen LogP contribution is 2.28. The number of anilines is 2. The SMILES string of the molecule is CCNc1cncc(N2CCCC2CCCO)c1. The van der Waals surface area contributed by atoms with Gasteiger partial charge in [-0.3, -0.25) is 4.98 Å². The Balaban J connectivity index is 2.06. The molecule has 0 amide bonds. The average molecular weight is 249 g/mol. The van der Waals surface area contributed by atoms with Crippen LogP contribution in [0.1, 0.15) is 32.6 Å². The highest BCUT2D eigenvalue weighted by atomic mass is 16.2. The van der Waals surface area contributed by atoms with Gasteiger partial charge in [0.25, 0.3) is 0 Å². The third kappa shape index (κ3) is 3.13. The summed E-state index contributed by atoms with van der Waals surface area (Å²) in [5.41, 5.74) is 2.29. The van der Waals surface area contributed by atoms with Crippen LogP contribution < -0.4 is 10.2 Å². The maximum atomic E-state index is 8.96. The van der Waals surface area contributed by atoms with Crippen LogP contribution in [0.5, 0.6) is 0 Å². The van der Waals surface area contributed by atoms with Crippen LogP contribution in [0.2, 0.25) is 0 Å². The molecule has 1 aromatic rings. The molecule has 0 radical (unpaired) electrons. The fourth-order valence-corrected chi connectivity index (χ4v) is 2.69. The van der Waals surface area contributed by atoms with Crippen LogP contribution >= 0.6 is 0 Å². The number of aromatic nitrogens is 1. The summed E-state index contributed by atoms with van der Waals surface area (Å²) < 4.78 is 0. The van der Waals surface area contributed by atoms with Crippen LogP contribution in [0.15, 0.2) is 18.5 Å². The molecule has 2 rings (SSSR count). The average Bonchev–Trinajstić information content (AvgIpc) is 2.85. The van der Waals surface area contributed by atoms with Crippen LogP contribution in [0.25, 0.3) is 0 Å². The molecule has 1 aliphatic heterocycles. The van der Waals surface area contributed by atoms with E-state index in [0.29, 0.717) is 12.6 Å². The van der Waals surface area contributed by atoms with Crippen molar-refractivity contribution in [1.29, 1.82) is 0 Å². The molecule has 4 nitrogen and oxygen atoms in total. The first-order valence-corrected chi connectivity index (χ1v) is 6.91. The molecule has 0 bridgehead atoms. The third-order valence-electron chi connectivity index (χ3n) is 3.51. The van der Waals surface area contributed by atoms with Crippen molar-refractivity contribution in [1.82, 2.24) is 4.98 Å². The van der Waals surface area contributed by atoms with Gasteiger partial charge in [0, 0.05) is 25.7 Å². The lowest BCUT2D eigenvalue weighted by atomic mass is 10.1. The normalized spacial score (nSPS) is 19.2. The first-order chi connectivity index (χ1) is 8.85. The van der Waals surface area contributed by atoms with E-state index in [9.17, 15) is 0 Å². The Bertz CT molecular complexity index is 370. The van der Waals surface area contributed by atoms with Gasteiger partial charge in [0.1, 0.15) is 0 Å². The highest BCUT2D eigenvalue weighted by molar-refractivity contribution is 5.56. The Morgan fingerprint density at radius 1 is 1.50 bits per heavy atom. The highest BCUT2D eigenvalue weighted by Gasteiger charge is 2.24. The van der Waals surface area contributed by atoms with E-state index in [4.69, 9.17) is 5.11 Å². The van der Waals surface area contributed by atoms with Crippen LogP contribution in [0.4, 0.5) is 11.4 Å². The van der Waals surface area contributed by atoms with Gasteiger partial charge in [-0.1, -0.05) is 0 Å². The molecule has 2 heterocycles. The maximum absolute atomic E-state index is 8.96. The summed E-state index contributed by atoms with van der Waals surface area (Å²) >= 11 is 0. The summed E-state index contributed by atoms with van der Waals surface area (Å²) in [5, 5.41) is 12.3. The summed E-state index contributed by atoms with van der Waals surface area (Å²) in [4.78, 5) is 6.74. The van der Waals surface area contributed by atoms with Crippen LogP contribution in [-0.2, 0) is 0 Å². The Kier molecular flexibility index (Phi) is 4.81. The summed E-state index contributed by atoms with van der Waals surface area (Å²) in [6, 6.07) is 2.74. The largest absolute Gasteiger partial charge is 0.396 e. The Morgan fingerprint density at radius 3 is 3.17 bits per heavy atom. The number of hydrogen-bond donors (Lipinski definition) is 2. The van der Waals surface area contributed by atoms with Crippen molar-refractivity contribution < 1.29 is 5.11 Å². The molecule has 0 aromatic carbocycles. The fraction of sp³-hybridized carbons (Fsp3) is 0.643. The first-order valence-electron chi connectivity index (χ1n) is 6.91. The van der Waals surface area contributed by atoms with Crippen molar-refractivity contribution in [2.45, 2.75) is 38.6 Å². The molecule has 0 spiro atoms. The molecule has 1 atom stereocenters. The quantitative estimate of drug-likeness (QED) is 0.812. The Morgan fingerprint density at radius 2 is 2.39 bits per heavy atom. The molecule has 100 valence electrons. The predicted molar refractivity (Wildman–Crippen MR) is 75.1 cm³/mol. The van der Waals surface area contributed by atoms with E-state index in [1.54, 1.807) is 0 Å². The molecule has 4 heteroatoms. The molecular formula is C14H23N3O. The number of nitrogens with zero attached hydrogens (tertiary/aromatic N) is 2. The molecular weight excluding hydrogens is 226 g/mol. The topological polar surface area (TPSA) is 48.4 Å². The van der Waals surface area contributed by atoms with E-state index in [1.807, 2.05) is 12.4 Å². The molecule has 2 N–H and O–H groups in total. The minimum absolute atomic E-state index is 0.292. The second-order valence-electron chi connectivity index (χ2n) is 4.82. The maximum Gasteiger partial charge on any atom is 0.0575 e. The van der Waals surface area contributed by atoms with Crippen molar-refractivity contribution in [2.75, 3.05) is 29.9 Å². The van der Waals surface area contributed by atoms with Crippen LogP contribution in [0, 0.1) is 0 Å². The molecule has 0 aliphatic carbocycles. The van der Waals surface area contributed by atoms with E-state index in [1.165, 1.54) is 18.5 Å². The predicted octanol–water partition coefficient (Wildman–Crippen LogP) is 2.25. The van der Waals surface area contributed by atoms with Gasteiger partial charge in [-0.15, -0.1) is 0 Å². The Labute approximate surface area is 109 Å². The summed E-state index contributed by atoms with van der Waals surface area (Å²) in [7, 11) is 0. The molecule has 18 heavy (non-hydrogen) atoms. The first kappa shape index (κ1) is 13.1. The molecule has 0 saturated carbocycles. The zero-order valence-corrected chi connectivity index (χ0v) is 11.1. The van der Waals surface area contributed by atoms with E-state index in [-0.39, 0.29) is 0 Å². The van der Waals surface area contributed by atoms with Gasteiger partial charge < -0.3 is 15.3 Å². The van der Waals surface area contributed by atoms with E-state index in [2.05, 4.69) is 28.2 Å². The molecule has 1 aliphatic rings. The minimum Gasteiger partial charge on any atom is -0.396 e. The van der Waals surface area contributed by atoms with Crippen molar-refractivity contribution >= 4 is 11.4 Å². The van der Waals surface area contributed by atoms with Gasteiger partial charge >= 0.3 is 0 Å². The summed E-state index contributed by atoms with van der Waals surface area (Å²) in [6.45, 7) is 4.40. The second kappa shape index (κ2) is 6.59. The van der Waals surface area contributed by atoms with Crippen LogP contribution in [0.3, 0.4) is 0 Å². The summed E-state index contributed by atoms with van der Waals surface area (Å²) in [6.07, 6.45) is 8.24. The smallest absolute Gasteiger partial charge is 0.0575 e. The van der Waals surface area contributed by atoms with Crippen molar-refractivity contribution in [3.8, 4) is 0 Å². The van der Waals surface area contributed by atoms with Gasteiger partial charge in [0.15, 0.2) is 0 Å². The van der Waals surface area contributed by atoms with Crippen molar-refractivity contribution in [3.63, 3.8) is 0 Å². The molecule has 1 fully saturated rings. The van der Waals surface area contributed by atoms with Gasteiger partial charge in [-0.05, 0) is 38.7 Å². The van der Waals surface area contributed by atoms with E-state index in [0.717, 1.165) is 31.6 Å². The number of rotatable bonds is 6. The van der Waals surface area contributed by atoms with Gasteiger partial charge in [0.2, 0.25) is 0 Å². The number of nitrogens with one attached hydrogen (secondary N) is 1. The fourth-order valence-electron chi connectivity index (χ4n) is 2.69. The lowest BCUT2D eigenvalue weighted by Gasteiger charge is -2.26. The minimum atomic E-state index is 0.292. The number of aliphatic hydroxyl groups is 1. The molecule has 1 saturated heterocycles. The zero-order valence-electron chi connectivity index (χ0n) is 11.1. The monoisotopic (exact) mass is 249 g/mol. The number of pyridine rings is 1. The van der Waals surface area contributed by atoms with E-state index < -0.39 is 0 Å². The number of hydrogen-bond acceptors (Lipinski definition) is 4. The number of aliphatic hydroxyl groups excluding tert-OH is 1. The van der Waals surface area contributed by atoms with Gasteiger partial charge in [-0.2, -0.15) is 0 Å². The zero-order chi connectivity index (χ0) is 12.8. The molecule has 1 aromatic heterocycles. The third-order valence-corrected chi connectivity index (χ3v) is 3.51. The standard InChI is InChI=1S/C14H23N3O/c1-2-16-12-9-14(11-15-10-12)17-7-3-5-13(17)6-4-8-18/h9-11,13,16,18H,2-8H2,1H3. The lowest BCUT2D eigenvalue weighted by Crippen LogP contribution is -2.29. The van der Waals surface area contributed by atoms with E-state index >= 15 is 0 Å². The Hall–Kier alpha value is -1.29. The van der Waals surface area contributed by atoms with Crippen molar-refractivity contribution in [3.05, 3.63) is 18.5 Å². The van der Waals surface area contributed by atoms with Crippen molar-refractivity contribution in [2.24, 2.45) is 0 Å². The summed E-state index contributed by atoms with van der Waals surface area (Å²) in [5.74, 6) is 0. The van der Waals surface area contributed by atoms with Gasteiger partial charge in [-0.25, -0.2) is 0 Å². The second-order valence-corrected chi connectivity index (χ2v) is 4.82. The molecule has 1 unspecified atom stereocenters. The lowest BCUT2D eigenvalue weighted by molar-refractivity contribution is 0.279.